The quantitative estimate of drug-likeness (QED) is 0.905. The molecule has 1 N–H and O–H groups in total. The Kier molecular flexibility index (Phi) is 4.78. The van der Waals surface area contributed by atoms with Gasteiger partial charge in [-0.15, -0.1) is 0 Å². The summed E-state index contributed by atoms with van der Waals surface area (Å²) in [6, 6.07) is 5.53. The van der Waals surface area contributed by atoms with Gasteiger partial charge in [0, 0.05) is 11.7 Å². The largest absolute Gasteiger partial charge is 0.310 e. The van der Waals surface area contributed by atoms with Crippen molar-refractivity contribution in [3.05, 3.63) is 46.5 Å². The molecule has 0 saturated heterocycles. The Morgan fingerprint density at radius 2 is 2.00 bits per heavy atom. The predicted molar refractivity (Wildman–Crippen MR) is 84.5 cm³/mol. The fourth-order valence-corrected chi connectivity index (χ4v) is 2.81. The van der Waals surface area contributed by atoms with Crippen LogP contribution in [0.1, 0.15) is 49.3 Å². The molecule has 1 unspecified atom stereocenters. The maximum atomic E-state index is 14.5. The number of halogens is 1. The van der Waals surface area contributed by atoms with E-state index in [1.54, 1.807) is 10.7 Å². The molecule has 0 bridgehead atoms. The highest BCUT2D eigenvalue weighted by Gasteiger charge is 2.15. The Balaban J connectivity index is 2.42. The Morgan fingerprint density at radius 3 is 2.52 bits per heavy atom. The zero-order chi connectivity index (χ0) is 15.6. The predicted octanol–water partition coefficient (Wildman–Crippen LogP) is 3.86. The molecule has 1 aromatic carbocycles. The van der Waals surface area contributed by atoms with Crippen molar-refractivity contribution < 1.29 is 4.39 Å². The number of nitrogens with zero attached hydrogens (tertiary/aromatic N) is 2. The summed E-state index contributed by atoms with van der Waals surface area (Å²) in [6.45, 7) is 11.0. The Labute approximate surface area is 126 Å². The van der Waals surface area contributed by atoms with Crippen LogP contribution in [-0.2, 0) is 6.42 Å². The summed E-state index contributed by atoms with van der Waals surface area (Å²) >= 11 is 0. The van der Waals surface area contributed by atoms with Gasteiger partial charge in [-0.2, -0.15) is 5.10 Å². The van der Waals surface area contributed by atoms with Crippen molar-refractivity contribution in [2.45, 2.75) is 47.1 Å². The van der Waals surface area contributed by atoms with Crippen LogP contribution in [0.5, 0.6) is 0 Å². The van der Waals surface area contributed by atoms with Crippen LogP contribution in [0.2, 0.25) is 0 Å². The SMILES string of the molecule is CCNC(C)c1ccc(-n2nc(C)c(CC)c2C)c(F)c1. The molecule has 0 fully saturated rings. The van der Waals surface area contributed by atoms with Gasteiger partial charge >= 0.3 is 0 Å². The average Bonchev–Trinajstić information content (AvgIpc) is 2.73. The van der Waals surface area contributed by atoms with Crippen LogP contribution in [0.3, 0.4) is 0 Å². The molecule has 0 saturated carbocycles. The molecule has 0 aliphatic heterocycles. The van der Waals surface area contributed by atoms with Crippen LogP contribution < -0.4 is 5.32 Å². The minimum atomic E-state index is -0.231. The summed E-state index contributed by atoms with van der Waals surface area (Å²) < 4.78 is 16.2. The van der Waals surface area contributed by atoms with E-state index in [4.69, 9.17) is 0 Å². The molecule has 0 amide bonds. The smallest absolute Gasteiger partial charge is 0.149 e. The molecule has 3 nitrogen and oxygen atoms in total. The molecular formula is C17H24FN3. The molecule has 0 aliphatic carbocycles. The number of benzene rings is 1. The summed E-state index contributed by atoms with van der Waals surface area (Å²) in [6.07, 6.45) is 0.912. The molecule has 1 atom stereocenters. The van der Waals surface area contributed by atoms with Gasteiger partial charge in [-0.05, 0) is 57.0 Å². The van der Waals surface area contributed by atoms with Gasteiger partial charge in [-0.3, -0.25) is 0 Å². The van der Waals surface area contributed by atoms with E-state index in [0.717, 1.165) is 29.9 Å². The fraction of sp³-hybridized carbons (Fsp3) is 0.471. The number of rotatable bonds is 5. The first-order chi connectivity index (χ1) is 9.99. The van der Waals surface area contributed by atoms with Crippen molar-refractivity contribution in [3.63, 3.8) is 0 Å². The van der Waals surface area contributed by atoms with Gasteiger partial charge in [0.05, 0.1) is 5.69 Å². The molecule has 2 rings (SSSR count). The molecule has 0 radical (unpaired) electrons. The van der Waals surface area contributed by atoms with Crippen LogP contribution in [0.4, 0.5) is 4.39 Å². The maximum Gasteiger partial charge on any atom is 0.149 e. The molecule has 2 aromatic rings. The average molecular weight is 289 g/mol. The van der Waals surface area contributed by atoms with Gasteiger partial charge in [0.2, 0.25) is 0 Å². The first-order valence-electron chi connectivity index (χ1n) is 7.57. The summed E-state index contributed by atoms with van der Waals surface area (Å²) in [5.41, 5.74) is 4.65. The summed E-state index contributed by atoms with van der Waals surface area (Å²) in [5, 5.41) is 7.78. The number of aryl methyl sites for hydroxylation is 1. The molecule has 1 aromatic heterocycles. The third kappa shape index (κ3) is 3.00. The van der Waals surface area contributed by atoms with E-state index in [1.807, 2.05) is 39.8 Å². The van der Waals surface area contributed by atoms with Crippen LogP contribution in [0, 0.1) is 19.7 Å². The summed E-state index contributed by atoms with van der Waals surface area (Å²) in [5.74, 6) is -0.231. The summed E-state index contributed by atoms with van der Waals surface area (Å²) in [7, 11) is 0. The minimum absolute atomic E-state index is 0.144. The zero-order valence-electron chi connectivity index (χ0n) is 13.5. The molecule has 1 heterocycles. The van der Waals surface area contributed by atoms with Crippen LogP contribution in [-0.4, -0.2) is 16.3 Å². The van der Waals surface area contributed by atoms with E-state index < -0.39 is 0 Å². The lowest BCUT2D eigenvalue weighted by atomic mass is 10.1. The van der Waals surface area contributed by atoms with Crippen LogP contribution in [0.15, 0.2) is 18.2 Å². The molecule has 0 aliphatic rings. The lowest BCUT2D eigenvalue weighted by Gasteiger charge is -2.14. The zero-order valence-corrected chi connectivity index (χ0v) is 13.5. The van der Waals surface area contributed by atoms with Crippen molar-refractivity contribution in [2.24, 2.45) is 0 Å². The number of nitrogens with one attached hydrogen (secondary N) is 1. The minimum Gasteiger partial charge on any atom is -0.310 e. The normalized spacial score (nSPS) is 12.7. The third-order valence-corrected chi connectivity index (χ3v) is 4.00. The Bertz CT molecular complexity index is 631. The Hall–Kier alpha value is -1.68. The van der Waals surface area contributed by atoms with E-state index >= 15 is 0 Å². The molecule has 4 heteroatoms. The van der Waals surface area contributed by atoms with Gasteiger partial charge < -0.3 is 5.32 Å². The third-order valence-electron chi connectivity index (χ3n) is 4.00. The van der Waals surface area contributed by atoms with Gasteiger partial charge in [-0.1, -0.05) is 19.9 Å². The van der Waals surface area contributed by atoms with Gasteiger partial charge in [0.1, 0.15) is 11.5 Å². The van der Waals surface area contributed by atoms with Crippen LogP contribution >= 0.6 is 0 Å². The van der Waals surface area contributed by atoms with Crippen molar-refractivity contribution in [2.75, 3.05) is 6.54 Å². The van der Waals surface area contributed by atoms with Crippen LogP contribution in [0.25, 0.3) is 5.69 Å². The topological polar surface area (TPSA) is 29.9 Å². The summed E-state index contributed by atoms with van der Waals surface area (Å²) in [4.78, 5) is 0. The van der Waals surface area contributed by atoms with Crippen molar-refractivity contribution in [1.29, 1.82) is 0 Å². The first-order valence-corrected chi connectivity index (χ1v) is 7.57. The highest BCUT2D eigenvalue weighted by Crippen LogP contribution is 2.23. The second kappa shape index (κ2) is 6.39. The fourth-order valence-electron chi connectivity index (χ4n) is 2.81. The molecule has 0 spiro atoms. The van der Waals surface area contributed by atoms with Crippen molar-refractivity contribution >= 4 is 0 Å². The standard InChI is InChI=1S/C17H24FN3/c1-6-15-12(4)20-21(13(15)5)17-9-8-14(10-16(17)18)11(3)19-7-2/h8-11,19H,6-7H2,1-5H3. The van der Waals surface area contributed by atoms with E-state index in [2.05, 4.69) is 17.3 Å². The second-order valence-electron chi connectivity index (χ2n) is 5.40. The van der Waals surface area contributed by atoms with E-state index in [0.29, 0.717) is 5.69 Å². The van der Waals surface area contributed by atoms with Gasteiger partial charge in [0.15, 0.2) is 0 Å². The molecular weight excluding hydrogens is 265 g/mol. The van der Waals surface area contributed by atoms with Gasteiger partial charge in [-0.25, -0.2) is 9.07 Å². The highest BCUT2D eigenvalue weighted by molar-refractivity contribution is 5.40. The van der Waals surface area contributed by atoms with Crippen molar-refractivity contribution in [3.8, 4) is 5.69 Å². The number of hydrogen-bond acceptors (Lipinski definition) is 2. The Morgan fingerprint density at radius 1 is 1.29 bits per heavy atom. The van der Waals surface area contributed by atoms with E-state index in [9.17, 15) is 4.39 Å². The second-order valence-corrected chi connectivity index (χ2v) is 5.40. The first kappa shape index (κ1) is 15.7. The van der Waals surface area contributed by atoms with Gasteiger partial charge in [0.25, 0.3) is 0 Å². The lowest BCUT2D eigenvalue weighted by molar-refractivity contribution is 0.576. The molecule has 21 heavy (non-hydrogen) atoms. The van der Waals surface area contributed by atoms with E-state index in [1.165, 1.54) is 5.56 Å². The maximum absolute atomic E-state index is 14.5. The lowest BCUT2D eigenvalue weighted by Crippen LogP contribution is -2.18. The highest BCUT2D eigenvalue weighted by atomic mass is 19.1. The number of aromatic nitrogens is 2. The molecule has 114 valence electrons. The number of hydrogen-bond donors (Lipinski definition) is 1. The van der Waals surface area contributed by atoms with Crippen molar-refractivity contribution in [1.82, 2.24) is 15.1 Å². The van der Waals surface area contributed by atoms with E-state index in [-0.39, 0.29) is 11.9 Å². The monoisotopic (exact) mass is 289 g/mol.